The van der Waals surface area contributed by atoms with Gasteiger partial charge in [0.15, 0.2) is 10.8 Å². The third kappa shape index (κ3) is 5.37. The maximum absolute atomic E-state index is 13.0. The van der Waals surface area contributed by atoms with Gasteiger partial charge in [-0.2, -0.15) is 0 Å². The molecule has 0 aromatic carbocycles. The third-order valence-electron chi connectivity index (χ3n) is 4.85. The Hall–Kier alpha value is -3.66. The number of anilines is 1. The molecule has 2 aliphatic heterocycles. The molecule has 0 spiro atoms. The number of carboxylic acids is 2. The summed E-state index contributed by atoms with van der Waals surface area (Å²) in [5.41, 5.74) is 3.38. The lowest BCUT2D eigenvalue weighted by Gasteiger charge is -2.49. The number of aliphatic carboxylic acids is 2. The van der Waals surface area contributed by atoms with Crippen LogP contribution in [0, 0.1) is 0 Å². The molecule has 1 unspecified atom stereocenters. The summed E-state index contributed by atoms with van der Waals surface area (Å²) in [7, 11) is 0. The number of carbonyl (C=O) groups is 5. The molecule has 1 aromatic rings. The summed E-state index contributed by atoms with van der Waals surface area (Å²) in [4.78, 5) is 70.1. The summed E-state index contributed by atoms with van der Waals surface area (Å²) in [5, 5.41) is 25.8. The normalized spacial score (nSPS) is 20.0. The van der Waals surface area contributed by atoms with E-state index >= 15 is 0 Å². The molecule has 188 valence electrons. The Kier molecular flexibility index (Phi) is 7.35. The first kappa shape index (κ1) is 26.0. The lowest BCUT2D eigenvalue weighted by molar-refractivity contribution is -0.161. The number of nitrogens with zero attached hydrogens (tertiary/aromatic N) is 3. The Balaban J connectivity index is 1.82. The summed E-state index contributed by atoms with van der Waals surface area (Å²) < 4.78 is 4.88. The average Bonchev–Trinajstić information content (AvgIpc) is 3.20. The number of carboxylic acid groups (broad SMARTS) is 2. The van der Waals surface area contributed by atoms with Gasteiger partial charge in [0, 0.05) is 23.6 Å². The molecule has 0 radical (unpaired) electrons. The Labute approximate surface area is 206 Å². The lowest BCUT2D eigenvalue weighted by Crippen LogP contribution is -2.71. The number of β-lactam (4-membered cyclic amide) rings is 1. The molecule has 5 N–H and O–H groups in total. The van der Waals surface area contributed by atoms with Crippen molar-refractivity contribution < 1.29 is 43.8 Å². The van der Waals surface area contributed by atoms with Gasteiger partial charge in [-0.05, 0) is 13.8 Å². The molecule has 3 heterocycles. The van der Waals surface area contributed by atoms with Gasteiger partial charge in [0.1, 0.15) is 29.4 Å². The molecule has 2 amide bonds. The van der Waals surface area contributed by atoms with Crippen LogP contribution >= 0.6 is 23.1 Å². The van der Waals surface area contributed by atoms with Crippen LogP contribution in [0.3, 0.4) is 0 Å². The van der Waals surface area contributed by atoms with Crippen LogP contribution in [0.1, 0.15) is 26.5 Å². The maximum atomic E-state index is 13.0. The SMILES string of the molecule is CC(=O)OCC1=C(C(=O)O)N2C(=O)C(NC(=O)/C(=N\OC(C)(C)C(=O)O)c3csc(N)n3)[C@@H]2SC1. The Morgan fingerprint density at radius 1 is 1.34 bits per heavy atom. The van der Waals surface area contributed by atoms with Crippen molar-refractivity contribution in [1.29, 1.82) is 0 Å². The molecule has 0 aliphatic carbocycles. The minimum Gasteiger partial charge on any atom is -0.478 e. The molecule has 1 aromatic heterocycles. The van der Waals surface area contributed by atoms with Gasteiger partial charge in [-0.1, -0.05) is 5.16 Å². The fourth-order valence-corrected chi connectivity index (χ4v) is 4.87. The molecule has 35 heavy (non-hydrogen) atoms. The molecule has 2 atom stereocenters. The second kappa shape index (κ2) is 9.91. The molecule has 2 aliphatic rings. The molecular weight excluding hydrogens is 506 g/mol. The number of hydrogen-bond acceptors (Lipinski definition) is 12. The first-order valence-electron chi connectivity index (χ1n) is 9.88. The van der Waals surface area contributed by atoms with Gasteiger partial charge in [-0.3, -0.25) is 19.3 Å². The number of ether oxygens (including phenoxy) is 1. The Bertz CT molecular complexity index is 1160. The number of carbonyl (C=O) groups excluding carboxylic acids is 3. The van der Waals surface area contributed by atoms with E-state index < -0.39 is 52.5 Å². The number of nitrogens with one attached hydrogen (secondary N) is 1. The zero-order chi connectivity index (χ0) is 26.1. The molecule has 14 nitrogen and oxygen atoms in total. The molecular formula is C19H21N5O9S2. The Morgan fingerprint density at radius 2 is 2.03 bits per heavy atom. The van der Waals surface area contributed by atoms with E-state index in [0.717, 1.165) is 16.2 Å². The topological polar surface area (TPSA) is 211 Å². The number of amides is 2. The predicted octanol–water partition coefficient (Wildman–Crippen LogP) is -0.389. The third-order valence-corrected chi connectivity index (χ3v) is 6.86. The first-order valence-corrected chi connectivity index (χ1v) is 11.8. The molecule has 0 saturated carbocycles. The second-order valence-electron chi connectivity index (χ2n) is 7.82. The van der Waals surface area contributed by atoms with Crippen LogP contribution in [0.15, 0.2) is 21.8 Å². The van der Waals surface area contributed by atoms with E-state index in [2.05, 4.69) is 15.5 Å². The second-order valence-corrected chi connectivity index (χ2v) is 9.81. The summed E-state index contributed by atoms with van der Waals surface area (Å²) in [6.45, 7) is 3.35. The van der Waals surface area contributed by atoms with Crippen LogP contribution in [-0.2, 0) is 33.5 Å². The average molecular weight is 528 g/mol. The van der Waals surface area contributed by atoms with Crippen LogP contribution in [-0.4, -0.2) is 84.9 Å². The number of nitrogen functional groups attached to an aromatic ring is 1. The van der Waals surface area contributed by atoms with Crippen molar-refractivity contribution in [3.63, 3.8) is 0 Å². The van der Waals surface area contributed by atoms with Crippen molar-refractivity contribution in [1.82, 2.24) is 15.2 Å². The van der Waals surface area contributed by atoms with Gasteiger partial charge >= 0.3 is 17.9 Å². The quantitative estimate of drug-likeness (QED) is 0.140. The van der Waals surface area contributed by atoms with Crippen molar-refractivity contribution in [2.45, 2.75) is 37.8 Å². The van der Waals surface area contributed by atoms with Crippen molar-refractivity contribution in [3.8, 4) is 0 Å². The van der Waals surface area contributed by atoms with Crippen molar-refractivity contribution in [3.05, 3.63) is 22.3 Å². The van der Waals surface area contributed by atoms with Gasteiger partial charge in [0.2, 0.25) is 5.60 Å². The molecule has 1 saturated heterocycles. The monoisotopic (exact) mass is 527 g/mol. The smallest absolute Gasteiger partial charge is 0.352 e. The largest absolute Gasteiger partial charge is 0.478 e. The number of rotatable bonds is 9. The van der Waals surface area contributed by atoms with Crippen molar-refractivity contribution >= 4 is 63.7 Å². The van der Waals surface area contributed by atoms with Gasteiger partial charge in [0.05, 0.1) is 0 Å². The zero-order valence-corrected chi connectivity index (χ0v) is 20.3. The summed E-state index contributed by atoms with van der Waals surface area (Å²) in [5.74, 6) is -4.76. The lowest BCUT2D eigenvalue weighted by atomic mass is 10.0. The number of esters is 1. The van der Waals surface area contributed by atoms with E-state index in [1.807, 2.05) is 0 Å². The van der Waals surface area contributed by atoms with Crippen LogP contribution in [0.4, 0.5) is 5.13 Å². The highest BCUT2D eigenvalue weighted by Crippen LogP contribution is 2.40. The first-order chi connectivity index (χ1) is 16.3. The van der Waals surface area contributed by atoms with Crippen molar-refractivity contribution in [2.75, 3.05) is 18.1 Å². The van der Waals surface area contributed by atoms with Crippen LogP contribution in [0.2, 0.25) is 0 Å². The summed E-state index contributed by atoms with van der Waals surface area (Å²) >= 11 is 2.18. The van der Waals surface area contributed by atoms with E-state index in [4.69, 9.17) is 15.3 Å². The minimum atomic E-state index is -1.77. The summed E-state index contributed by atoms with van der Waals surface area (Å²) in [6.07, 6.45) is 0. The number of fused-ring (bicyclic) bond motifs is 1. The highest BCUT2D eigenvalue weighted by atomic mass is 32.2. The predicted molar refractivity (Wildman–Crippen MR) is 122 cm³/mol. The number of hydrogen-bond donors (Lipinski definition) is 4. The van der Waals surface area contributed by atoms with Gasteiger partial charge in [-0.15, -0.1) is 23.1 Å². The van der Waals surface area contributed by atoms with Gasteiger partial charge < -0.3 is 30.8 Å². The van der Waals surface area contributed by atoms with Gasteiger partial charge in [0.25, 0.3) is 11.8 Å². The maximum Gasteiger partial charge on any atom is 0.352 e. The van der Waals surface area contributed by atoms with Gasteiger partial charge in [-0.25, -0.2) is 14.6 Å². The fraction of sp³-hybridized carbons (Fsp3) is 0.421. The zero-order valence-electron chi connectivity index (χ0n) is 18.6. The van der Waals surface area contributed by atoms with E-state index in [0.29, 0.717) is 0 Å². The van der Waals surface area contributed by atoms with Crippen molar-refractivity contribution in [2.24, 2.45) is 5.16 Å². The number of thiazole rings is 1. The number of aromatic nitrogens is 1. The minimum absolute atomic E-state index is 0.000836. The van der Waals surface area contributed by atoms with E-state index in [1.54, 1.807) is 0 Å². The van der Waals surface area contributed by atoms with E-state index in [1.165, 1.54) is 37.9 Å². The standard InChI is InChI=1S/C19H21N5O9S2/c1-7(25)32-4-8-5-34-15-11(14(27)24(15)12(8)16(28)29)22-13(26)10(9-6-35-18(20)21-9)23-33-19(2,3)17(30)31/h6,11,15H,4-5H2,1-3H3,(H2,20,21)(H,22,26)(H,28,29)(H,30,31)/b23-10-/t11?,15-/m0/s1. The molecule has 0 bridgehead atoms. The fourth-order valence-electron chi connectivity index (χ4n) is 2.99. The highest BCUT2D eigenvalue weighted by molar-refractivity contribution is 8.00. The molecule has 1 fully saturated rings. The molecule has 3 rings (SSSR count). The van der Waals surface area contributed by atoms with E-state index in [-0.39, 0.29) is 34.5 Å². The van der Waals surface area contributed by atoms with Crippen LogP contribution in [0.25, 0.3) is 0 Å². The number of nitrogens with two attached hydrogens (primary N) is 1. The highest BCUT2D eigenvalue weighted by Gasteiger charge is 2.54. The Morgan fingerprint density at radius 3 is 2.57 bits per heavy atom. The molecule has 16 heteroatoms. The van der Waals surface area contributed by atoms with Crippen LogP contribution in [0.5, 0.6) is 0 Å². The number of oxime groups is 1. The summed E-state index contributed by atoms with van der Waals surface area (Å²) in [6, 6.07) is -1.11. The van der Waals surface area contributed by atoms with E-state index in [9.17, 15) is 34.2 Å². The number of thioether (sulfide) groups is 1. The van der Waals surface area contributed by atoms with Crippen LogP contribution < -0.4 is 11.1 Å².